The summed E-state index contributed by atoms with van der Waals surface area (Å²) in [6.07, 6.45) is 5.48. The van der Waals surface area contributed by atoms with Crippen molar-refractivity contribution >= 4 is 0 Å². The first-order chi connectivity index (χ1) is 6.88. The Kier molecular flexibility index (Phi) is 2.55. The van der Waals surface area contributed by atoms with E-state index in [1.165, 1.54) is 5.56 Å². The Morgan fingerprint density at radius 3 is 3.00 bits per heavy atom. The Morgan fingerprint density at radius 1 is 1.36 bits per heavy atom. The Labute approximate surface area is 82.4 Å². The summed E-state index contributed by atoms with van der Waals surface area (Å²) in [4.78, 5) is 4.13. The molecule has 0 saturated carbocycles. The lowest BCUT2D eigenvalue weighted by Gasteiger charge is -2.03. The third-order valence-electron chi connectivity index (χ3n) is 1.99. The van der Waals surface area contributed by atoms with Gasteiger partial charge in [-0.1, -0.05) is 0 Å². The summed E-state index contributed by atoms with van der Waals surface area (Å²) in [5.41, 5.74) is 7.59. The molecule has 2 N–H and O–H groups in total. The number of pyridine rings is 1. The van der Waals surface area contributed by atoms with Crippen molar-refractivity contribution in [3.8, 4) is 0 Å². The number of rotatable bonds is 3. The van der Waals surface area contributed by atoms with Gasteiger partial charge >= 0.3 is 0 Å². The Hall–Kier alpha value is -1.68. The van der Waals surface area contributed by atoms with Gasteiger partial charge in [-0.2, -0.15) is 5.10 Å². The van der Waals surface area contributed by atoms with Gasteiger partial charge in [0.05, 0.1) is 12.2 Å². The Balaban J connectivity index is 2.17. The highest BCUT2D eigenvalue weighted by Gasteiger charge is 1.96. The third-order valence-corrected chi connectivity index (χ3v) is 1.99. The van der Waals surface area contributed by atoms with Gasteiger partial charge in [-0.3, -0.25) is 9.67 Å². The second-order valence-corrected chi connectivity index (χ2v) is 3.06. The molecule has 2 aromatic rings. The molecular weight excluding hydrogens is 176 g/mol. The largest absolute Gasteiger partial charge is 0.325 e. The molecule has 0 aromatic carbocycles. The molecule has 2 heterocycles. The SMILES string of the molecule is NCc1cc(Cn2cccn2)ccn1. The van der Waals surface area contributed by atoms with Crippen LogP contribution in [0.25, 0.3) is 0 Å². The second kappa shape index (κ2) is 4.02. The number of nitrogens with zero attached hydrogens (tertiary/aromatic N) is 3. The van der Waals surface area contributed by atoms with Gasteiger partial charge in [-0.15, -0.1) is 0 Å². The monoisotopic (exact) mass is 188 g/mol. The zero-order chi connectivity index (χ0) is 9.80. The van der Waals surface area contributed by atoms with Crippen LogP contribution in [0.5, 0.6) is 0 Å². The fourth-order valence-electron chi connectivity index (χ4n) is 1.32. The van der Waals surface area contributed by atoms with E-state index in [-0.39, 0.29) is 0 Å². The Bertz CT molecular complexity index is 394. The first-order valence-corrected chi connectivity index (χ1v) is 4.50. The zero-order valence-corrected chi connectivity index (χ0v) is 7.80. The van der Waals surface area contributed by atoms with E-state index in [4.69, 9.17) is 5.73 Å². The summed E-state index contributed by atoms with van der Waals surface area (Å²) in [6, 6.07) is 5.88. The van der Waals surface area contributed by atoms with Crippen molar-refractivity contribution in [2.75, 3.05) is 0 Å². The topological polar surface area (TPSA) is 56.7 Å². The number of hydrogen-bond acceptors (Lipinski definition) is 3. The van der Waals surface area contributed by atoms with Gasteiger partial charge in [0.1, 0.15) is 0 Å². The maximum atomic E-state index is 5.51. The predicted molar refractivity (Wildman–Crippen MR) is 53.5 cm³/mol. The number of nitrogens with two attached hydrogens (primary N) is 1. The van der Waals surface area contributed by atoms with Gasteiger partial charge in [-0.05, 0) is 23.8 Å². The molecule has 0 unspecified atom stereocenters. The number of aromatic nitrogens is 3. The molecule has 2 rings (SSSR count). The van der Waals surface area contributed by atoms with Crippen molar-refractivity contribution in [3.05, 3.63) is 48.0 Å². The summed E-state index contributed by atoms with van der Waals surface area (Å²) in [5, 5.41) is 4.13. The van der Waals surface area contributed by atoms with Crippen molar-refractivity contribution in [2.24, 2.45) is 5.73 Å². The molecule has 2 aromatic heterocycles. The molecule has 0 aliphatic rings. The van der Waals surface area contributed by atoms with Crippen molar-refractivity contribution in [3.63, 3.8) is 0 Å². The highest BCUT2D eigenvalue weighted by Crippen LogP contribution is 2.03. The average Bonchev–Trinajstić information content (AvgIpc) is 2.71. The summed E-state index contributed by atoms with van der Waals surface area (Å²) >= 11 is 0. The predicted octanol–water partition coefficient (Wildman–Crippen LogP) is 0.785. The smallest absolute Gasteiger partial charge is 0.0660 e. The van der Waals surface area contributed by atoms with E-state index in [0.29, 0.717) is 6.54 Å². The molecule has 0 aliphatic carbocycles. The highest BCUT2D eigenvalue weighted by atomic mass is 15.3. The zero-order valence-electron chi connectivity index (χ0n) is 7.80. The molecule has 0 spiro atoms. The van der Waals surface area contributed by atoms with Gasteiger partial charge in [0, 0.05) is 25.1 Å². The van der Waals surface area contributed by atoms with Gasteiger partial charge in [0.2, 0.25) is 0 Å². The molecule has 4 nitrogen and oxygen atoms in total. The maximum Gasteiger partial charge on any atom is 0.0660 e. The summed E-state index contributed by atoms with van der Waals surface area (Å²) < 4.78 is 1.87. The van der Waals surface area contributed by atoms with E-state index in [1.54, 1.807) is 12.4 Å². The van der Waals surface area contributed by atoms with Crippen LogP contribution in [0, 0.1) is 0 Å². The quantitative estimate of drug-likeness (QED) is 0.774. The normalized spacial score (nSPS) is 10.4. The molecule has 0 amide bonds. The molecule has 0 radical (unpaired) electrons. The molecule has 0 atom stereocenters. The molecular formula is C10H12N4. The van der Waals surface area contributed by atoms with Crippen molar-refractivity contribution in [1.82, 2.24) is 14.8 Å². The molecule has 0 aliphatic heterocycles. The van der Waals surface area contributed by atoms with E-state index >= 15 is 0 Å². The summed E-state index contributed by atoms with van der Waals surface area (Å²) in [7, 11) is 0. The average molecular weight is 188 g/mol. The lowest BCUT2D eigenvalue weighted by Crippen LogP contribution is -2.03. The highest BCUT2D eigenvalue weighted by molar-refractivity contribution is 5.16. The van der Waals surface area contributed by atoms with Crippen LogP contribution < -0.4 is 5.73 Å². The van der Waals surface area contributed by atoms with Crippen molar-refractivity contribution < 1.29 is 0 Å². The third kappa shape index (κ3) is 1.97. The van der Waals surface area contributed by atoms with Crippen LogP contribution in [0.15, 0.2) is 36.8 Å². The summed E-state index contributed by atoms with van der Waals surface area (Å²) in [6.45, 7) is 1.25. The van der Waals surface area contributed by atoms with E-state index in [1.807, 2.05) is 29.1 Å². The number of hydrogen-bond donors (Lipinski definition) is 1. The lowest BCUT2D eigenvalue weighted by molar-refractivity contribution is 0.685. The van der Waals surface area contributed by atoms with Gasteiger partial charge < -0.3 is 5.73 Å². The molecule has 0 fully saturated rings. The van der Waals surface area contributed by atoms with Crippen LogP contribution in [0.2, 0.25) is 0 Å². The minimum Gasteiger partial charge on any atom is -0.325 e. The van der Waals surface area contributed by atoms with E-state index in [9.17, 15) is 0 Å². The fourth-order valence-corrected chi connectivity index (χ4v) is 1.32. The second-order valence-electron chi connectivity index (χ2n) is 3.06. The molecule has 0 saturated heterocycles. The fraction of sp³-hybridized carbons (Fsp3) is 0.200. The minimum atomic E-state index is 0.479. The van der Waals surface area contributed by atoms with Gasteiger partial charge in [0.25, 0.3) is 0 Å². The van der Waals surface area contributed by atoms with Crippen LogP contribution in [0.3, 0.4) is 0 Å². The molecule has 0 bridgehead atoms. The lowest BCUT2D eigenvalue weighted by atomic mass is 10.2. The molecule has 4 heteroatoms. The Morgan fingerprint density at radius 2 is 2.29 bits per heavy atom. The summed E-state index contributed by atoms with van der Waals surface area (Å²) in [5.74, 6) is 0. The van der Waals surface area contributed by atoms with E-state index in [2.05, 4.69) is 10.1 Å². The van der Waals surface area contributed by atoms with Crippen LogP contribution in [0.1, 0.15) is 11.3 Å². The van der Waals surface area contributed by atoms with E-state index < -0.39 is 0 Å². The van der Waals surface area contributed by atoms with Gasteiger partial charge in [0.15, 0.2) is 0 Å². The van der Waals surface area contributed by atoms with Crippen molar-refractivity contribution in [1.29, 1.82) is 0 Å². The van der Waals surface area contributed by atoms with Crippen LogP contribution in [-0.4, -0.2) is 14.8 Å². The van der Waals surface area contributed by atoms with Crippen LogP contribution >= 0.6 is 0 Å². The minimum absolute atomic E-state index is 0.479. The maximum absolute atomic E-state index is 5.51. The molecule has 14 heavy (non-hydrogen) atoms. The standard InChI is InChI=1S/C10H12N4/c11-7-10-6-9(2-4-12-10)8-14-5-1-3-13-14/h1-6H,7-8,11H2. The van der Waals surface area contributed by atoms with Crippen molar-refractivity contribution in [2.45, 2.75) is 13.1 Å². The van der Waals surface area contributed by atoms with Crippen LogP contribution in [-0.2, 0) is 13.1 Å². The first-order valence-electron chi connectivity index (χ1n) is 4.50. The first kappa shape index (κ1) is 8.90. The molecule has 72 valence electrons. The van der Waals surface area contributed by atoms with Crippen LogP contribution in [0.4, 0.5) is 0 Å². The van der Waals surface area contributed by atoms with E-state index in [0.717, 1.165) is 12.2 Å². The van der Waals surface area contributed by atoms with Gasteiger partial charge in [-0.25, -0.2) is 0 Å².